The minimum atomic E-state index is -4.60. The van der Waals surface area contributed by atoms with Crippen molar-refractivity contribution >= 4 is 29.1 Å². The molecule has 0 aromatic heterocycles. The molecule has 1 aliphatic rings. The van der Waals surface area contributed by atoms with E-state index in [1.54, 1.807) is 14.0 Å². The maximum atomic E-state index is 13.0. The number of halogens is 4. The van der Waals surface area contributed by atoms with Gasteiger partial charge in [-0.3, -0.25) is 19.4 Å². The summed E-state index contributed by atoms with van der Waals surface area (Å²) in [6, 6.07) is 2.74. The maximum absolute atomic E-state index is 13.0. The largest absolute Gasteiger partial charge is 0.417 e. The summed E-state index contributed by atoms with van der Waals surface area (Å²) >= 11 is 5.61. The quantitative estimate of drug-likeness (QED) is 0.593. The molecule has 1 heterocycles. The summed E-state index contributed by atoms with van der Waals surface area (Å²) in [5.74, 6) is -0.495. The van der Waals surface area contributed by atoms with Crippen LogP contribution in [0, 0.1) is 0 Å². The molecule has 1 aliphatic heterocycles. The fourth-order valence-electron chi connectivity index (χ4n) is 3.09. The van der Waals surface area contributed by atoms with E-state index in [1.165, 1.54) is 6.07 Å². The Kier molecular flexibility index (Phi) is 8.90. The molecule has 2 amide bonds. The first-order chi connectivity index (χ1) is 14.1. The van der Waals surface area contributed by atoms with E-state index in [0.717, 1.165) is 12.1 Å². The van der Waals surface area contributed by atoms with Gasteiger partial charge in [-0.15, -0.1) is 0 Å². The number of hydrogen-bond acceptors (Lipinski definition) is 5. The van der Waals surface area contributed by atoms with E-state index >= 15 is 0 Å². The van der Waals surface area contributed by atoms with E-state index in [2.05, 4.69) is 10.6 Å². The van der Waals surface area contributed by atoms with Crippen LogP contribution < -0.4 is 10.6 Å². The van der Waals surface area contributed by atoms with Crippen molar-refractivity contribution in [3.63, 3.8) is 0 Å². The highest BCUT2D eigenvalue weighted by molar-refractivity contribution is 6.31. The van der Waals surface area contributed by atoms with E-state index in [0.29, 0.717) is 39.3 Å². The van der Waals surface area contributed by atoms with Gasteiger partial charge in [0.05, 0.1) is 29.8 Å². The smallest absolute Gasteiger partial charge is 0.383 e. The number of nitrogens with one attached hydrogen (secondary N) is 2. The molecule has 11 heteroatoms. The molecule has 7 nitrogen and oxygen atoms in total. The topological polar surface area (TPSA) is 73.9 Å². The van der Waals surface area contributed by atoms with Crippen LogP contribution >= 0.6 is 11.6 Å². The Morgan fingerprint density at radius 2 is 1.90 bits per heavy atom. The van der Waals surface area contributed by atoms with Crippen LogP contribution in [0.25, 0.3) is 0 Å². The first-order valence-corrected chi connectivity index (χ1v) is 9.89. The Balaban J connectivity index is 1.84. The van der Waals surface area contributed by atoms with Gasteiger partial charge in [-0.05, 0) is 25.1 Å². The Morgan fingerprint density at radius 3 is 2.50 bits per heavy atom. The van der Waals surface area contributed by atoms with Crippen molar-refractivity contribution in [3.8, 4) is 0 Å². The standard InChI is InChI=1S/C19H26ClF3N4O3/c1-13(18(29)25-14-3-4-16(20)15(11-14)19(21,22)23)27-8-6-26(7-9-27)12-17(28)24-5-10-30-2/h3-4,11,13H,5-10,12H2,1-2H3,(H,24,28)(H,25,29). The fraction of sp³-hybridized carbons (Fsp3) is 0.579. The van der Waals surface area contributed by atoms with Crippen molar-refractivity contribution < 1.29 is 27.5 Å². The van der Waals surface area contributed by atoms with Crippen LogP contribution in [0.5, 0.6) is 0 Å². The molecule has 1 fully saturated rings. The van der Waals surface area contributed by atoms with Crippen molar-refractivity contribution in [2.45, 2.75) is 19.1 Å². The van der Waals surface area contributed by atoms with Crippen LogP contribution in [0.1, 0.15) is 12.5 Å². The second-order valence-corrected chi connectivity index (χ2v) is 7.42. The molecule has 1 atom stereocenters. The van der Waals surface area contributed by atoms with Crippen LogP contribution in [-0.2, 0) is 20.5 Å². The number of methoxy groups -OCH3 is 1. The molecular weight excluding hydrogens is 425 g/mol. The first kappa shape index (κ1) is 24.4. The summed E-state index contributed by atoms with van der Waals surface area (Å²) in [5.41, 5.74) is -0.957. The van der Waals surface area contributed by atoms with E-state index in [4.69, 9.17) is 16.3 Å². The number of ether oxygens (including phenoxy) is 1. The maximum Gasteiger partial charge on any atom is 0.417 e. The zero-order valence-electron chi connectivity index (χ0n) is 16.9. The van der Waals surface area contributed by atoms with E-state index in [-0.39, 0.29) is 18.1 Å². The third-order valence-electron chi connectivity index (χ3n) is 4.87. The van der Waals surface area contributed by atoms with Gasteiger partial charge in [0, 0.05) is 45.5 Å². The molecule has 0 saturated carbocycles. The molecule has 1 aromatic rings. The third kappa shape index (κ3) is 7.12. The Labute approximate surface area is 178 Å². The third-order valence-corrected chi connectivity index (χ3v) is 5.20. The molecular formula is C19H26ClF3N4O3. The first-order valence-electron chi connectivity index (χ1n) is 9.51. The molecule has 1 aromatic carbocycles. The highest BCUT2D eigenvalue weighted by Crippen LogP contribution is 2.36. The van der Waals surface area contributed by atoms with E-state index < -0.39 is 28.7 Å². The van der Waals surface area contributed by atoms with Crippen LogP contribution in [0.4, 0.5) is 18.9 Å². The second-order valence-electron chi connectivity index (χ2n) is 7.01. The van der Waals surface area contributed by atoms with E-state index in [9.17, 15) is 22.8 Å². The molecule has 0 aliphatic carbocycles. The van der Waals surface area contributed by atoms with Crippen molar-refractivity contribution in [3.05, 3.63) is 28.8 Å². The monoisotopic (exact) mass is 450 g/mol. The number of piperazine rings is 1. The average Bonchev–Trinajstić information content (AvgIpc) is 2.68. The average molecular weight is 451 g/mol. The molecule has 30 heavy (non-hydrogen) atoms. The van der Waals surface area contributed by atoms with Crippen molar-refractivity contribution in [1.29, 1.82) is 0 Å². The van der Waals surface area contributed by atoms with Gasteiger partial charge in [0.15, 0.2) is 0 Å². The van der Waals surface area contributed by atoms with E-state index in [1.807, 2.05) is 9.80 Å². The summed E-state index contributed by atoms with van der Waals surface area (Å²) in [7, 11) is 1.56. The molecule has 0 bridgehead atoms. The van der Waals surface area contributed by atoms with Gasteiger partial charge in [0.25, 0.3) is 0 Å². The number of anilines is 1. The lowest BCUT2D eigenvalue weighted by atomic mass is 10.1. The molecule has 168 valence electrons. The van der Waals surface area contributed by atoms with Gasteiger partial charge in [0.1, 0.15) is 0 Å². The molecule has 0 spiro atoms. The van der Waals surface area contributed by atoms with Gasteiger partial charge >= 0.3 is 6.18 Å². The summed E-state index contributed by atoms with van der Waals surface area (Å²) in [6.07, 6.45) is -4.60. The predicted octanol–water partition coefficient (Wildman–Crippen LogP) is 2.07. The molecule has 2 rings (SSSR count). The van der Waals surface area contributed by atoms with Gasteiger partial charge in [-0.2, -0.15) is 13.2 Å². The molecule has 1 unspecified atom stereocenters. The van der Waals surface area contributed by atoms with Crippen molar-refractivity contribution in [2.24, 2.45) is 0 Å². The highest BCUT2D eigenvalue weighted by atomic mass is 35.5. The second kappa shape index (κ2) is 10.9. The lowest BCUT2D eigenvalue weighted by Crippen LogP contribution is -2.54. The SMILES string of the molecule is COCCNC(=O)CN1CCN(C(C)C(=O)Nc2ccc(Cl)c(C(F)(F)F)c2)CC1. The van der Waals surface area contributed by atoms with Crippen molar-refractivity contribution in [2.75, 3.05) is 58.3 Å². The highest BCUT2D eigenvalue weighted by Gasteiger charge is 2.34. The lowest BCUT2D eigenvalue weighted by molar-refractivity contribution is -0.137. The number of nitrogens with zero attached hydrogens (tertiary/aromatic N) is 2. The van der Waals surface area contributed by atoms with Crippen LogP contribution in [0.15, 0.2) is 18.2 Å². The lowest BCUT2D eigenvalue weighted by Gasteiger charge is -2.37. The van der Waals surface area contributed by atoms with Crippen LogP contribution in [0.3, 0.4) is 0 Å². The minimum Gasteiger partial charge on any atom is -0.383 e. The Hall–Kier alpha value is -1.88. The number of alkyl halides is 3. The van der Waals surface area contributed by atoms with Gasteiger partial charge < -0.3 is 15.4 Å². The Bertz CT molecular complexity index is 740. The normalized spacial score (nSPS) is 16.9. The number of benzene rings is 1. The summed E-state index contributed by atoms with van der Waals surface area (Å²) in [4.78, 5) is 28.3. The van der Waals surface area contributed by atoms with Gasteiger partial charge in [-0.1, -0.05) is 11.6 Å². The zero-order valence-corrected chi connectivity index (χ0v) is 17.6. The number of rotatable bonds is 8. The summed E-state index contributed by atoms with van der Waals surface area (Å²) in [6.45, 7) is 5.20. The Morgan fingerprint density at radius 1 is 1.23 bits per heavy atom. The van der Waals surface area contributed by atoms with Gasteiger partial charge in [0.2, 0.25) is 11.8 Å². The number of hydrogen-bond donors (Lipinski definition) is 2. The molecule has 1 saturated heterocycles. The predicted molar refractivity (Wildman–Crippen MR) is 107 cm³/mol. The number of carbonyl (C=O) groups excluding carboxylic acids is 2. The molecule has 0 radical (unpaired) electrons. The van der Waals surface area contributed by atoms with Crippen molar-refractivity contribution in [1.82, 2.24) is 15.1 Å². The van der Waals surface area contributed by atoms with Crippen LogP contribution in [-0.4, -0.2) is 80.6 Å². The summed E-state index contributed by atoms with van der Waals surface area (Å²) < 4.78 is 43.8. The van der Waals surface area contributed by atoms with Crippen LogP contribution in [0.2, 0.25) is 5.02 Å². The zero-order chi connectivity index (χ0) is 22.3. The minimum absolute atomic E-state index is 0.0370. The fourth-order valence-corrected chi connectivity index (χ4v) is 3.32. The summed E-state index contributed by atoms with van der Waals surface area (Å²) in [5, 5.41) is 4.86. The number of carbonyl (C=O) groups is 2. The number of amides is 2. The van der Waals surface area contributed by atoms with Gasteiger partial charge in [-0.25, -0.2) is 0 Å². The molecule has 2 N–H and O–H groups in total.